The highest BCUT2D eigenvalue weighted by Gasteiger charge is 2.31. The van der Waals surface area contributed by atoms with Gasteiger partial charge in [0.05, 0.1) is 18.9 Å². The van der Waals surface area contributed by atoms with Gasteiger partial charge >= 0.3 is 6.36 Å². The first-order valence-corrected chi connectivity index (χ1v) is 5.52. The van der Waals surface area contributed by atoms with Gasteiger partial charge in [0.1, 0.15) is 11.6 Å². The number of pyridine rings is 1. The normalized spacial score (nSPS) is 20.9. The molecule has 2 heterocycles. The molecule has 18 heavy (non-hydrogen) atoms. The Bertz CT molecular complexity index is 394. The molecule has 0 spiro atoms. The quantitative estimate of drug-likeness (QED) is 0.818. The molecule has 4 nitrogen and oxygen atoms in total. The molecule has 1 atom stereocenters. The first-order valence-electron chi connectivity index (χ1n) is 5.52. The van der Waals surface area contributed by atoms with Crippen LogP contribution in [0, 0.1) is 0 Å². The summed E-state index contributed by atoms with van der Waals surface area (Å²) in [6.07, 6.45) is -3.52. The lowest BCUT2D eigenvalue weighted by Crippen LogP contribution is -2.41. The molecular formula is C11H13F3N2O2. The highest BCUT2D eigenvalue weighted by Crippen LogP contribution is 2.24. The van der Waals surface area contributed by atoms with E-state index in [2.05, 4.69) is 9.72 Å². The average molecular weight is 262 g/mol. The van der Waals surface area contributed by atoms with Gasteiger partial charge in [-0.3, -0.25) is 0 Å². The van der Waals surface area contributed by atoms with Crippen molar-refractivity contribution in [2.45, 2.75) is 19.4 Å². The number of nitrogens with zero attached hydrogens (tertiary/aromatic N) is 2. The van der Waals surface area contributed by atoms with Crippen LogP contribution in [0.1, 0.15) is 6.92 Å². The minimum absolute atomic E-state index is 0.0895. The standard InChI is InChI=1S/C11H13F3N2O2/c1-8-7-16(4-5-17-8)10-3-2-9(6-15-10)18-11(12,13)14/h2-3,6,8H,4-5,7H2,1H3. The van der Waals surface area contributed by atoms with E-state index in [0.29, 0.717) is 25.5 Å². The van der Waals surface area contributed by atoms with E-state index >= 15 is 0 Å². The van der Waals surface area contributed by atoms with Gasteiger partial charge in [-0.05, 0) is 19.1 Å². The van der Waals surface area contributed by atoms with Crippen LogP contribution in [0.3, 0.4) is 0 Å². The molecule has 0 aliphatic carbocycles. The number of halogens is 3. The van der Waals surface area contributed by atoms with Gasteiger partial charge in [0.2, 0.25) is 0 Å². The average Bonchev–Trinajstić information content (AvgIpc) is 2.28. The number of hydrogen-bond acceptors (Lipinski definition) is 4. The maximum atomic E-state index is 12.0. The number of rotatable bonds is 2. The Balaban J connectivity index is 2.03. The minimum Gasteiger partial charge on any atom is -0.404 e. The lowest BCUT2D eigenvalue weighted by molar-refractivity contribution is -0.274. The van der Waals surface area contributed by atoms with E-state index in [1.165, 1.54) is 12.1 Å². The fourth-order valence-electron chi connectivity index (χ4n) is 1.78. The van der Waals surface area contributed by atoms with Crippen LogP contribution in [-0.4, -0.2) is 37.1 Å². The van der Waals surface area contributed by atoms with Crippen molar-refractivity contribution in [3.8, 4) is 5.75 Å². The number of hydrogen-bond donors (Lipinski definition) is 0. The van der Waals surface area contributed by atoms with Crippen molar-refractivity contribution < 1.29 is 22.6 Å². The molecular weight excluding hydrogens is 249 g/mol. The van der Waals surface area contributed by atoms with Crippen molar-refractivity contribution in [3.63, 3.8) is 0 Å². The molecule has 0 saturated carbocycles. The number of anilines is 1. The Hall–Kier alpha value is -1.50. The SMILES string of the molecule is CC1CN(c2ccc(OC(F)(F)F)cn2)CCO1. The monoisotopic (exact) mass is 262 g/mol. The van der Waals surface area contributed by atoms with Crippen molar-refractivity contribution in [1.29, 1.82) is 0 Å². The summed E-state index contributed by atoms with van der Waals surface area (Å²) in [5.74, 6) is 0.312. The number of ether oxygens (including phenoxy) is 2. The smallest absolute Gasteiger partial charge is 0.404 e. The van der Waals surface area contributed by atoms with Crippen LogP contribution in [0.2, 0.25) is 0 Å². The Morgan fingerprint density at radius 1 is 1.44 bits per heavy atom. The van der Waals surface area contributed by atoms with E-state index in [-0.39, 0.29) is 11.9 Å². The van der Waals surface area contributed by atoms with Crippen LogP contribution < -0.4 is 9.64 Å². The van der Waals surface area contributed by atoms with E-state index < -0.39 is 6.36 Å². The Morgan fingerprint density at radius 3 is 2.78 bits per heavy atom. The summed E-state index contributed by atoms with van der Waals surface area (Å²) < 4.78 is 45.0. The Morgan fingerprint density at radius 2 is 2.22 bits per heavy atom. The third-order valence-electron chi connectivity index (χ3n) is 2.52. The summed E-state index contributed by atoms with van der Waals surface area (Å²) >= 11 is 0. The van der Waals surface area contributed by atoms with Crippen LogP contribution in [0.25, 0.3) is 0 Å². The topological polar surface area (TPSA) is 34.6 Å². The van der Waals surface area contributed by atoms with Gasteiger partial charge in [0.25, 0.3) is 0 Å². The maximum Gasteiger partial charge on any atom is 0.573 e. The van der Waals surface area contributed by atoms with Crippen LogP contribution in [0.4, 0.5) is 19.0 Å². The molecule has 1 aliphatic rings. The number of aromatic nitrogens is 1. The van der Waals surface area contributed by atoms with Crippen LogP contribution in [0.15, 0.2) is 18.3 Å². The molecule has 1 unspecified atom stereocenters. The first-order chi connectivity index (χ1) is 8.44. The zero-order chi connectivity index (χ0) is 13.2. The third kappa shape index (κ3) is 3.49. The predicted molar refractivity (Wildman–Crippen MR) is 58.5 cm³/mol. The molecule has 0 amide bonds. The minimum atomic E-state index is -4.68. The Kier molecular flexibility index (Phi) is 3.60. The van der Waals surface area contributed by atoms with Gasteiger partial charge in [-0.1, -0.05) is 0 Å². The van der Waals surface area contributed by atoms with Crippen molar-refractivity contribution in [2.24, 2.45) is 0 Å². The largest absolute Gasteiger partial charge is 0.573 e. The van der Waals surface area contributed by atoms with Gasteiger partial charge in [0, 0.05) is 13.1 Å². The highest BCUT2D eigenvalue weighted by molar-refractivity contribution is 5.41. The molecule has 1 saturated heterocycles. The van der Waals surface area contributed by atoms with Gasteiger partial charge < -0.3 is 14.4 Å². The fraction of sp³-hybridized carbons (Fsp3) is 0.545. The van der Waals surface area contributed by atoms with E-state index in [1.54, 1.807) is 0 Å². The zero-order valence-corrected chi connectivity index (χ0v) is 9.78. The molecule has 1 aromatic rings. The van der Waals surface area contributed by atoms with E-state index in [0.717, 1.165) is 6.20 Å². The first kappa shape index (κ1) is 12.9. The molecule has 0 bridgehead atoms. The van der Waals surface area contributed by atoms with Crippen molar-refractivity contribution in [1.82, 2.24) is 4.98 Å². The molecule has 0 radical (unpaired) electrons. The lowest BCUT2D eigenvalue weighted by atomic mass is 10.3. The van der Waals surface area contributed by atoms with Crippen LogP contribution in [0.5, 0.6) is 5.75 Å². The molecule has 0 aromatic carbocycles. The second kappa shape index (κ2) is 5.01. The second-order valence-corrected chi connectivity index (χ2v) is 4.03. The maximum absolute atomic E-state index is 12.0. The molecule has 1 aliphatic heterocycles. The fourth-order valence-corrected chi connectivity index (χ4v) is 1.78. The van der Waals surface area contributed by atoms with E-state index in [1.807, 2.05) is 11.8 Å². The third-order valence-corrected chi connectivity index (χ3v) is 2.52. The van der Waals surface area contributed by atoms with E-state index in [9.17, 15) is 13.2 Å². The predicted octanol–water partition coefficient (Wildman–Crippen LogP) is 2.21. The number of alkyl halides is 3. The van der Waals surface area contributed by atoms with Crippen molar-refractivity contribution in [3.05, 3.63) is 18.3 Å². The van der Waals surface area contributed by atoms with Gasteiger partial charge in [-0.25, -0.2) is 4.98 Å². The van der Waals surface area contributed by atoms with Gasteiger partial charge in [-0.15, -0.1) is 13.2 Å². The molecule has 0 N–H and O–H groups in total. The summed E-state index contributed by atoms with van der Waals surface area (Å²) in [5, 5.41) is 0. The molecule has 7 heteroatoms. The zero-order valence-electron chi connectivity index (χ0n) is 9.78. The summed E-state index contributed by atoms with van der Waals surface area (Å²) in [4.78, 5) is 5.93. The summed E-state index contributed by atoms with van der Waals surface area (Å²) in [5.41, 5.74) is 0. The highest BCUT2D eigenvalue weighted by atomic mass is 19.4. The second-order valence-electron chi connectivity index (χ2n) is 4.03. The van der Waals surface area contributed by atoms with Gasteiger partial charge in [-0.2, -0.15) is 0 Å². The number of morpholine rings is 1. The van der Waals surface area contributed by atoms with Gasteiger partial charge in [0.15, 0.2) is 0 Å². The summed E-state index contributed by atoms with van der Waals surface area (Å²) in [7, 11) is 0. The van der Waals surface area contributed by atoms with Crippen LogP contribution >= 0.6 is 0 Å². The molecule has 100 valence electrons. The summed E-state index contributed by atoms with van der Waals surface area (Å²) in [6.45, 7) is 3.88. The van der Waals surface area contributed by atoms with Crippen molar-refractivity contribution >= 4 is 5.82 Å². The molecule has 1 aromatic heterocycles. The lowest BCUT2D eigenvalue weighted by Gasteiger charge is -2.32. The summed E-state index contributed by atoms with van der Waals surface area (Å²) in [6, 6.07) is 2.77. The Labute approximate surface area is 102 Å². The van der Waals surface area contributed by atoms with Crippen LogP contribution in [-0.2, 0) is 4.74 Å². The molecule has 1 fully saturated rings. The molecule has 2 rings (SSSR count). The van der Waals surface area contributed by atoms with Crippen molar-refractivity contribution in [2.75, 3.05) is 24.6 Å². The van der Waals surface area contributed by atoms with E-state index in [4.69, 9.17) is 4.74 Å².